The van der Waals surface area contributed by atoms with Gasteiger partial charge in [-0.1, -0.05) is 158 Å². The van der Waals surface area contributed by atoms with Crippen LogP contribution >= 0.6 is 0 Å². The van der Waals surface area contributed by atoms with Crippen molar-refractivity contribution in [2.24, 2.45) is 0 Å². The first-order valence-corrected chi connectivity index (χ1v) is 19.1. The number of benzene rings is 9. The number of furan rings is 1. The second-order valence-corrected chi connectivity index (χ2v) is 14.9. The van der Waals surface area contributed by atoms with Gasteiger partial charge in [0.1, 0.15) is 11.2 Å². The van der Waals surface area contributed by atoms with Gasteiger partial charge < -0.3 is 4.42 Å². The summed E-state index contributed by atoms with van der Waals surface area (Å²) in [5.74, 6) is 0. The third kappa shape index (κ3) is 4.34. The molecule has 0 saturated heterocycles. The predicted molar refractivity (Wildman–Crippen MR) is 230 cm³/mol. The van der Waals surface area contributed by atoms with Gasteiger partial charge in [0.05, 0.1) is 28.3 Å². The molecule has 0 amide bonds. The highest BCUT2D eigenvalue weighted by molar-refractivity contribution is 6.23. The fourth-order valence-corrected chi connectivity index (χ4v) is 9.50. The van der Waals surface area contributed by atoms with Gasteiger partial charge in [-0.2, -0.15) is 0 Å². The fourth-order valence-electron chi connectivity index (χ4n) is 9.50. The van der Waals surface area contributed by atoms with E-state index >= 15 is 0 Å². The Morgan fingerprint density at radius 2 is 0.875 bits per heavy atom. The minimum Gasteiger partial charge on any atom is -0.456 e. The summed E-state index contributed by atoms with van der Waals surface area (Å²) in [5, 5.41) is 6.87. The molecule has 0 bridgehead atoms. The molecule has 3 heteroatoms. The molecule has 0 unspecified atom stereocenters. The van der Waals surface area contributed by atoms with Crippen LogP contribution in [0.4, 0.5) is 0 Å². The van der Waals surface area contributed by atoms with E-state index in [2.05, 4.69) is 176 Å². The molecule has 260 valence electrons. The summed E-state index contributed by atoms with van der Waals surface area (Å²) in [6.07, 6.45) is 1.95. The number of aromatic nitrogens is 2. The Labute approximate surface area is 323 Å². The summed E-state index contributed by atoms with van der Waals surface area (Å²) >= 11 is 0. The van der Waals surface area contributed by atoms with Gasteiger partial charge in [0.2, 0.25) is 0 Å². The fraction of sp³-hybridized carbons (Fsp3) is 0.0189. The Kier molecular flexibility index (Phi) is 6.55. The molecular formula is C53H32N2O. The standard InChI is InChI=1S/C53H32N2O/c1-3-13-36(14-4-1)53(37-15-5-2-6-16-37)46-30-34(33-25-28-50-45(29-33)42-19-11-12-22-49(42)56-50)23-26-40(46)41-27-24-35(31-47(41)53)48-32-54-51-43-20-9-7-17-38(43)39-18-8-10-21-44(39)52(51)55-48/h1-32H. The molecule has 1 aliphatic carbocycles. The number of hydrogen-bond acceptors (Lipinski definition) is 3. The average Bonchev–Trinajstić information content (AvgIpc) is 3.79. The van der Waals surface area contributed by atoms with E-state index in [1.807, 2.05) is 18.3 Å². The van der Waals surface area contributed by atoms with Crippen LogP contribution in [0.2, 0.25) is 0 Å². The van der Waals surface area contributed by atoms with Gasteiger partial charge in [-0.05, 0) is 85.6 Å². The molecule has 0 fully saturated rings. The van der Waals surface area contributed by atoms with E-state index in [1.165, 1.54) is 49.7 Å². The van der Waals surface area contributed by atoms with E-state index in [4.69, 9.17) is 14.4 Å². The van der Waals surface area contributed by atoms with Crippen LogP contribution in [0.25, 0.3) is 88.0 Å². The topological polar surface area (TPSA) is 38.9 Å². The number of rotatable bonds is 4. The molecule has 12 rings (SSSR count). The molecule has 3 nitrogen and oxygen atoms in total. The predicted octanol–water partition coefficient (Wildman–Crippen LogP) is 13.5. The van der Waals surface area contributed by atoms with Gasteiger partial charge >= 0.3 is 0 Å². The van der Waals surface area contributed by atoms with Crippen LogP contribution in [-0.2, 0) is 5.41 Å². The molecule has 0 spiro atoms. The van der Waals surface area contributed by atoms with Gasteiger partial charge in [-0.25, -0.2) is 4.98 Å². The van der Waals surface area contributed by atoms with Crippen molar-refractivity contribution in [3.8, 4) is 33.5 Å². The van der Waals surface area contributed by atoms with Crippen LogP contribution in [0.5, 0.6) is 0 Å². The Balaban J connectivity index is 1.10. The van der Waals surface area contributed by atoms with Crippen LogP contribution < -0.4 is 0 Å². The smallest absolute Gasteiger partial charge is 0.135 e. The Bertz CT molecular complexity index is 3290. The number of para-hydroxylation sites is 1. The molecule has 0 N–H and O–H groups in total. The third-order valence-electron chi connectivity index (χ3n) is 12.0. The van der Waals surface area contributed by atoms with E-state index in [0.29, 0.717) is 0 Å². The minimum absolute atomic E-state index is 0.585. The quantitative estimate of drug-likeness (QED) is 0.171. The van der Waals surface area contributed by atoms with E-state index < -0.39 is 5.41 Å². The molecule has 2 aromatic heterocycles. The maximum Gasteiger partial charge on any atom is 0.135 e. The van der Waals surface area contributed by atoms with E-state index in [0.717, 1.165) is 60.6 Å². The maximum absolute atomic E-state index is 6.21. The van der Waals surface area contributed by atoms with Crippen molar-refractivity contribution in [1.29, 1.82) is 0 Å². The van der Waals surface area contributed by atoms with Crippen LogP contribution in [0, 0.1) is 0 Å². The van der Waals surface area contributed by atoms with Gasteiger partial charge in [-0.15, -0.1) is 0 Å². The lowest BCUT2D eigenvalue weighted by atomic mass is 9.67. The minimum atomic E-state index is -0.585. The molecule has 56 heavy (non-hydrogen) atoms. The Morgan fingerprint density at radius 1 is 0.375 bits per heavy atom. The molecule has 1 aliphatic rings. The maximum atomic E-state index is 6.21. The van der Waals surface area contributed by atoms with Crippen molar-refractivity contribution in [3.05, 3.63) is 217 Å². The van der Waals surface area contributed by atoms with Crippen LogP contribution in [0.1, 0.15) is 22.3 Å². The molecule has 0 radical (unpaired) electrons. The lowest BCUT2D eigenvalue weighted by Crippen LogP contribution is -2.28. The van der Waals surface area contributed by atoms with Crippen LogP contribution in [0.15, 0.2) is 199 Å². The first-order chi connectivity index (χ1) is 27.8. The second kappa shape index (κ2) is 11.8. The summed E-state index contributed by atoms with van der Waals surface area (Å²) in [5.41, 5.74) is 14.7. The lowest BCUT2D eigenvalue weighted by Gasteiger charge is -2.34. The summed E-state index contributed by atoms with van der Waals surface area (Å²) in [6, 6.07) is 67.8. The molecule has 0 atom stereocenters. The molecule has 9 aromatic carbocycles. The van der Waals surface area contributed by atoms with Crippen molar-refractivity contribution in [2.45, 2.75) is 5.41 Å². The van der Waals surface area contributed by atoms with Gasteiger partial charge in [0.15, 0.2) is 0 Å². The normalized spacial score (nSPS) is 13.1. The number of fused-ring (bicyclic) bond motifs is 12. The highest BCUT2D eigenvalue weighted by Gasteiger charge is 2.46. The van der Waals surface area contributed by atoms with Crippen molar-refractivity contribution in [2.75, 3.05) is 0 Å². The summed E-state index contributed by atoms with van der Waals surface area (Å²) < 4.78 is 6.21. The van der Waals surface area contributed by atoms with Crippen molar-refractivity contribution >= 4 is 54.5 Å². The highest BCUT2D eigenvalue weighted by atomic mass is 16.3. The summed E-state index contributed by atoms with van der Waals surface area (Å²) in [6.45, 7) is 0. The molecule has 0 saturated carbocycles. The Morgan fingerprint density at radius 3 is 1.55 bits per heavy atom. The summed E-state index contributed by atoms with van der Waals surface area (Å²) in [4.78, 5) is 10.6. The third-order valence-corrected chi connectivity index (χ3v) is 12.0. The van der Waals surface area contributed by atoms with Crippen LogP contribution in [-0.4, -0.2) is 9.97 Å². The van der Waals surface area contributed by atoms with Crippen molar-refractivity contribution < 1.29 is 4.42 Å². The SMILES string of the molecule is c1ccc(C2(c3ccccc3)c3cc(-c4ccc5oc6ccccc6c5c4)ccc3-c3ccc(-c4cnc5c6ccccc6c6ccccc6c5n4)cc32)cc1. The van der Waals surface area contributed by atoms with Gasteiger partial charge in [0.25, 0.3) is 0 Å². The lowest BCUT2D eigenvalue weighted by molar-refractivity contribution is 0.669. The zero-order valence-electron chi connectivity index (χ0n) is 30.3. The zero-order valence-corrected chi connectivity index (χ0v) is 30.3. The first-order valence-electron chi connectivity index (χ1n) is 19.1. The van der Waals surface area contributed by atoms with E-state index in [1.54, 1.807) is 0 Å². The van der Waals surface area contributed by atoms with E-state index in [9.17, 15) is 0 Å². The van der Waals surface area contributed by atoms with Gasteiger partial charge in [-0.3, -0.25) is 4.98 Å². The molecule has 11 aromatic rings. The molecule has 0 aliphatic heterocycles. The van der Waals surface area contributed by atoms with Crippen LogP contribution in [0.3, 0.4) is 0 Å². The van der Waals surface area contributed by atoms with Crippen molar-refractivity contribution in [3.63, 3.8) is 0 Å². The Hall–Kier alpha value is -7.36. The monoisotopic (exact) mass is 712 g/mol. The first kappa shape index (κ1) is 31.0. The van der Waals surface area contributed by atoms with Crippen molar-refractivity contribution in [1.82, 2.24) is 9.97 Å². The second-order valence-electron chi connectivity index (χ2n) is 14.9. The number of nitrogens with zero attached hydrogens (tertiary/aromatic N) is 2. The number of hydrogen-bond donors (Lipinski definition) is 0. The molecular weight excluding hydrogens is 681 g/mol. The summed E-state index contributed by atoms with van der Waals surface area (Å²) in [7, 11) is 0. The zero-order chi connectivity index (χ0) is 36.8. The molecule has 2 heterocycles. The van der Waals surface area contributed by atoms with Gasteiger partial charge in [0, 0.05) is 27.1 Å². The largest absolute Gasteiger partial charge is 0.456 e. The van der Waals surface area contributed by atoms with E-state index in [-0.39, 0.29) is 0 Å². The average molecular weight is 713 g/mol. The highest BCUT2D eigenvalue weighted by Crippen LogP contribution is 2.57.